The van der Waals surface area contributed by atoms with Gasteiger partial charge in [0, 0.05) is 38.6 Å². The highest BCUT2D eigenvalue weighted by atomic mass is 19.1. The smallest absolute Gasteiger partial charge is 0.272 e. The van der Waals surface area contributed by atoms with E-state index in [4.69, 9.17) is 4.74 Å². The van der Waals surface area contributed by atoms with E-state index in [9.17, 15) is 9.18 Å². The van der Waals surface area contributed by atoms with E-state index < -0.39 is 0 Å². The summed E-state index contributed by atoms with van der Waals surface area (Å²) in [5, 5.41) is 8.13. The molecule has 2 aromatic carbocycles. The van der Waals surface area contributed by atoms with Crippen LogP contribution in [0.4, 0.5) is 4.39 Å². The number of fused-ring (bicyclic) bond motifs is 1. The fraction of sp³-hybridized carbons (Fsp3) is 0.333. The maximum Gasteiger partial charge on any atom is 0.272 e. The number of aromatic nitrogens is 2. The molecule has 0 aliphatic carbocycles. The first-order valence-electron chi connectivity index (χ1n) is 9.38. The monoisotopic (exact) mass is 382 g/mol. The van der Waals surface area contributed by atoms with Gasteiger partial charge in [-0.3, -0.25) is 14.4 Å². The molecule has 3 aromatic rings. The summed E-state index contributed by atoms with van der Waals surface area (Å²) in [6.07, 6.45) is 0. The van der Waals surface area contributed by atoms with E-state index in [2.05, 4.69) is 21.4 Å². The molecule has 0 spiro atoms. The van der Waals surface area contributed by atoms with Crippen molar-refractivity contribution in [2.45, 2.75) is 13.1 Å². The molecule has 1 saturated heterocycles. The quantitative estimate of drug-likeness (QED) is 0.737. The zero-order valence-electron chi connectivity index (χ0n) is 15.8. The Balaban J connectivity index is 1.52. The number of nitrogens with zero attached hydrogens (tertiary/aromatic N) is 3. The third kappa shape index (κ3) is 4.05. The predicted octanol–water partition coefficient (Wildman–Crippen LogP) is 2.47. The summed E-state index contributed by atoms with van der Waals surface area (Å²) in [6, 6.07) is 12.2. The van der Waals surface area contributed by atoms with Gasteiger partial charge in [0.1, 0.15) is 5.82 Å². The van der Waals surface area contributed by atoms with Gasteiger partial charge in [-0.2, -0.15) is 5.10 Å². The molecule has 6 nitrogen and oxygen atoms in total. The van der Waals surface area contributed by atoms with Crippen LogP contribution in [0.2, 0.25) is 0 Å². The molecule has 1 aromatic heterocycles. The number of carbonyl (C=O) groups excluding carboxylic acids is 1. The van der Waals surface area contributed by atoms with Crippen molar-refractivity contribution in [2.75, 3.05) is 26.3 Å². The summed E-state index contributed by atoms with van der Waals surface area (Å²) in [6.45, 7) is 4.49. The molecule has 1 N–H and O–H groups in total. The van der Waals surface area contributed by atoms with E-state index >= 15 is 0 Å². The molecule has 1 aliphatic heterocycles. The van der Waals surface area contributed by atoms with E-state index in [1.165, 1.54) is 12.1 Å². The fourth-order valence-corrected chi connectivity index (χ4v) is 3.46. The van der Waals surface area contributed by atoms with Crippen LogP contribution in [0.5, 0.6) is 0 Å². The number of hydrogen-bond acceptors (Lipinski definition) is 4. The lowest BCUT2D eigenvalue weighted by Crippen LogP contribution is -2.35. The van der Waals surface area contributed by atoms with Crippen molar-refractivity contribution < 1.29 is 13.9 Å². The Morgan fingerprint density at radius 1 is 1.14 bits per heavy atom. The minimum Gasteiger partial charge on any atom is -0.379 e. The van der Waals surface area contributed by atoms with Crippen LogP contribution in [0.1, 0.15) is 21.6 Å². The minimum absolute atomic E-state index is 0.238. The average Bonchev–Trinajstić information content (AvgIpc) is 3.04. The van der Waals surface area contributed by atoms with Gasteiger partial charge >= 0.3 is 0 Å². The van der Waals surface area contributed by atoms with Crippen molar-refractivity contribution >= 4 is 16.8 Å². The fourth-order valence-electron chi connectivity index (χ4n) is 3.46. The summed E-state index contributed by atoms with van der Waals surface area (Å²) in [7, 11) is 1.83. The lowest BCUT2D eigenvalue weighted by Gasteiger charge is -2.26. The molecule has 146 valence electrons. The Bertz CT molecular complexity index is 978. The molecule has 1 aliphatic rings. The van der Waals surface area contributed by atoms with Crippen LogP contribution in [0.25, 0.3) is 10.9 Å². The van der Waals surface area contributed by atoms with Gasteiger partial charge in [-0.05, 0) is 35.4 Å². The van der Waals surface area contributed by atoms with Gasteiger partial charge in [0.05, 0.1) is 18.7 Å². The number of amides is 1. The number of halogens is 1. The van der Waals surface area contributed by atoms with E-state index in [-0.39, 0.29) is 11.7 Å². The van der Waals surface area contributed by atoms with Crippen LogP contribution in [0, 0.1) is 5.82 Å². The molecule has 28 heavy (non-hydrogen) atoms. The molecule has 0 bridgehead atoms. The van der Waals surface area contributed by atoms with E-state index in [1.54, 1.807) is 16.8 Å². The second-order valence-electron chi connectivity index (χ2n) is 7.02. The second-order valence-corrected chi connectivity index (χ2v) is 7.02. The predicted molar refractivity (Wildman–Crippen MR) is 104 cm³/mol. The van der Waals surface area contributed by atoms with E-state index in [0.717, 1.165) is 54.9 Å². The molecule has 1 fully saturated rings. The van der Waals surface area contributed by atoms with Crippen molar-refractivity contribution in [3.8, 4) is 0 Å². The van der Waals surface area contributed by atoms with Gasteiger partial charge in [-0.15, -0.1) is 0 Å². The summed E-state index contributed by atoms with van der Waals surface area (Å²) in [5.74, 6) is -0.531. The Hall–Kier alpha value is -2.77. The Morgan fingerprint density at radius 2 is 1.86 bits per heavy atom. The molecule has 1 amide bonds. The molecular formula is C21H23FN4O2. The van der Waals surface area contributed by atoms with E-state index in [0.29, 0.717) is 12.2 Å². The maximum absolute atomic E-state index is 13.0. The topological polar surface area (TPSA) is 59.4 Å². The van der Waals surface area contributed by atoms with Crippen molar-refractivity contribution in [3.63, 3.8) is 0 Å². The number of carbonyl (C=O) groups is 1. The van der Waals surface area contributed by atoms with Crippen LogP contribution in [0.3, 0.4) is 0 Å². The first kappa shape index (κ1) is 18.6. The first-order chi connectivity index (χ1) is 13.6. The standard InChI is InChI=1S/C21H23FN4O2/c1-25-19-7-4-16(14-26-8-10-28-11-9-26)12-18(19)20(24-25)21(27)23-13-15-2-5-17(22)6-3-15/h2-7,12H,8-11,13-14H2,1H3,(H,23,27). The second kappa shape index (κ2) is 8.08. The molecule has 4 rings (SSSR count). The van der Waals surface area contributed by atoms with Crippen LogP contribution in [-0.2, 0) is 24.9 Å². The lowest BCUT2D eigenvalue weighted by atomic mass is 10.1. The molecule has 2 heterocycles. The highest BCUT2D eigenvalue weighted by Gasteiger charge is 2.17. The molecule has 0 saturated carbocycles. The third-order valence-corrected chi connectivity index (χ3v) is 5.01. The zero-order chi connectivity index (χ0) is 19.5. The van der Waals surface area contributed by atoms with Crippen molar-refractivity contribution in [3.05, 3.63) is 65.1 Å². The molecule has 0 unspecified atom stereocenters. The minimum atomic E-state index is -0.293. The molecule has 7 heteroatoms. The van der Waals surface area contributed by atoms with Crippen LogP contribution in [0.15, 0.2) is 42.5 Å². The Morgan fingerprint density at radius 3 is 2.61 bits per heavy atom. The SMILES string of the molecule is Cn1nc(C(=O)NCc2ccc(F)cc2)c2cc(CN3CCOCC3)ccc21. The van der Waals surface area contributed by atoms with Gasteiger partial charge in [0.15, 0.2) is 5.69 Å². The van der Waals surface area contributed by atoms with Crippen LogP contribution in [-0.4, -0.2) is 46.9 Å². The zero-order valence-corrected chi connectivity index (χ0v) is 15.8. The van der Waals surface area contributed by atoms with Crippen molar-refractivity contribution in [1.29, 1.82) is 0 Å². The van der Waals surface area contributed by atoms with Gasteiger partial charge in [-0.25, -0.2) is 4.39 Å². The van der Waals surface area contributed by atoms with Gasteiger partial charge < -0.3 is 10.1 Å². The van der Waals surface area contributed by atoms with Crippen LogP contribution < -0.4 is 5.32 Å². The number of nitrogens with one attached hydrogen (secondary N) is 1. The molecular weight excluding hydrogens is 359 g/mol. The number of hydrogen-bond donors (Lipinski definition) is 1. The Labute approximate surface area is 162 Å². The lowest BCUT2D eigenvalue weighted by molar-refractivity contribution is 0.0342. The first-order valence-corrected chi connectivity index (χ1v) is 9.38. The normalized spacial score (nSPS) is 15.1. The molecule has 0 atom stereocenters. The van der Waals surface area contributed by atoms with Gasteiger partial charge in [0.25, 0.3) is 5.91 Å². The number of ether oxygens (including phenoxy) is 1. The van der Waals surface area contributed by atoms with Gasteiger partial charge in [0.2, 0.25) is 0 Å². The molecule has 0 radical (unpaired) electrons. The maximum atomic E-state index is 13.0. The summed E-state index contributed by atoms with van der Waals surface area (Å²) in [4.78, 5) is 15.1. The summed E-state index contributed by atoms with van der Waals surface area (Å²) >= 11 is 0. The number of morpholine rings is 1. The third-order valence-electron chi connectivity index (χ3n) is 5.01. The van der Waals surface area contributed by atoms with Gasteiger partial charge in [-0.1, -0.05) is 18.2 Å². The highest BCUT2D eigenvalue weighted by molar-refractivity contribution is 6.05. The summed E-state index contributed by atoms with van der Waals surface area (Å²) in [5.41, 5.74) is 3.30. The summed E-state index contributed by atoms with van der Waals surface area (Å²) < 4.78 is 20.1. The van der Waals surface area contributed by atoms with Crippen molar-refractivity contribution in [1.82, 2.24) is 20.0 Å². The number of aryl methyl sites for hydroxylation is 1. The number of benzene rings is 2. The number of rotatable bonds is 5. The van der Waals surface area contributed by atoms with Crippen molar-refractivity contribution in [2.24, 2.45) is 7.05 Å². The largest absolute Gasteiger partial charge is 0.379 e. The Kier molecular flexibility index (Phi) is 5.36. The van der Waals surface area contributed by atoms with E-state index in [1.807, 2.05) is 19.2 Å². The van der Waals surface area contributed by atoms with Crippen LogP contribution >= 0.6 is 0 Å². The average molecular weight is 382 g/mol. The highest BCUT2D eigenvalue weighted by Crippen LogP contribution is 2.21.